The van der Waals surface area contributed by atoms with Gasteiger partial charge in [-0.05, 0) is 0 Å². The summed E-state index contributed by atoms with van der Waals surface area (Å²) in [5.41, 5.74) is 0. The summed E-state index contributed by atoms with van der Waals surface area (Å²) in [6.07, 6.45) is -0.460. The molecule has 7 heteroatoms. The van der Waals surface area contributed by atoms with Crippen molar-refractivity contribution in [1.82, 2.24) is 0 Å². The van der Waals surface area contributed by atoms with E-state index in [4.69, 9.17) is 43.2 Å². The quantitative estimate of drug-likeness (QED) is 0.433. The van der Waals surface area contributed by atoms with Crippen molar-refractivity contribution in [3.8, 4) is 0 Å². The molecule has 0 bridgehead atoms. The fourth-order valence-corrected chi connectivity index (χ4v) is 5.70. The molecule has 0 aromatic rings. The summed E-state index contributed by atoms with van der Waals surface area (Å²) < 4.78 is 5.09. The summed E-state index contributed by atoms with van der Waals surface area (Å²) in [4.78, 5) is 10.5. The second-order valence-electron chi connectivity index (χ2n) is 2.05. The first-order valence-electron chi connectivity index (χ1n) is 2.98. The molecule has 0 radical (unpaired) electrons. The van der Waals surface area contributed by atoms with E-state index in [1.54, 1.807) is 0 Å². The van der Waals surface area contributed by atoms with Crippen LogP contribution in [0.1, 0.15) is 6.92 Å². The Labute approximate surface area is 91.5 Å². The Bertz CT molecular complexity index is 158. The molecule has 12 heavy (non-hydrogen) atoms. The standard InChI is InChI=1S/C5H8Cl4O2Te/c1-4(10)11-5(2-6)3-12(7,8)9/h5H,2-3H2,1H3. The predicted octanol–water partition coefficient (Wildman–Crippen LogP) is 2.81. The maximum atomic E-state index is 10.5. The first kappa shape index (κ1) is 13.4. The van der Waals surface area contributed by atoms with E-state index in [0.717, 1.165) is 0 Å². The summed E-state index contributed by atoms with van der Waals surface area (Å²) in [7, 11) is 17.0. The Hall–Kier alpha value is 1.42. The van der Waals surface area contributed by atoms with Crippen LogP contribution in [0.15, 0.2) is 0 Å². The van der Waals surface area contributed by atoms with Gasteiger partial charge in [-0.2, -0.15) is 0 Å². The summed E-state index contributed by atoms with van der Waals surface area (Å²) in [6.45, 7) is 1.30. The van der Waals surface area contributed by atoms with Gasteiger partial charge in [-0.1, -0.05) is 0 Å². The van der Waals surface area contributed by atoms with Crippen LogP contribution in [0.2, 0.25) is 4.47 Å². The van der Waals surface area contributed by atoms with Crippen LogP contribution < -0.4 is 0 Å². The molecular weight excluding hydrogens is 361 g/mol. The molecule has 0 aromatic carbocycles. The van der Waals surface area contributed by atoms with E-state index in [-0.39, 0.29) is 10.3 Å². The Balaban J connectivity index is 3.92. The SMILES string of the molecule is CC(=O)OC(CCl)C[Te](Cl)(Cl)Cl. The van der Waals surface area contributed by atoms with Gasteiger partial charge in [-0.15, -0.1) is 0 Å². The summed E-state index contributed by atoms with van der Waals surface area (Å²) in [6, 6.07) is 0. The predicted molar refractivity (Wildman–Crippen MR) is 54.4 cm³/mol. The number of carbonyl (C=O) groups is 1. The molecule has 0 rings (SSSR count). The third-order valence-corrected chi connectivity index (χ3v) is 5.90. The maximum absolute atomic E-state index is 10.5. The normalized spacial score (nSPS) is 15.4. The van der Waals surface area contributed by atoms with Gasteiger partial charge in [-0.25, -0.2) is 0 Å². The van der Waals surface area contributed by atoms with E-state index in [2.05, 4.69) is 0 Å². The average Bonchev–Trinajstić information content (AvgIpc) is 1.82. The molecule has 0 fully saturated rings. The zero-order valence-electron chi connectivity index (χ0n) is 6.23. The van der Waals surface area contributed by atoms with Crippen LogP contribution in [-0.4, -0.2) is 32.8 Å². The molecule has 0 N–H and O–H groups in total. The van der Waals surface area contributed by atoms with Crippen LogP contribution in [0.4, 0.5) is 0 Å². The van der Waals surface area contributed by atoms with Crippen molar-refractivity contribution >= 4 is 59.3 Å². The Morgan fingerprint density at radius 3 is 2.25 bits per heavy atom. The first-order valence-corrected chi connectivity index (χ1v) is 14.0. The monoisotopic (exact) mass is 370 g/mol. The van der Waals surface area contributed by atoms with Crippen molar-refractivity contribution < 1.29 is 9.53 Å². The van der Waals surface area contributed by atoms with Crippen LogP contribution in [0.3, 0.4) is 0 Å². The van der Waals surface area contributed by atoms with Crippen molar-refractivity contribution in [2.45, 2.75) is 17.5 Å². The number of alkyl halides is 1. The Morgan fingerprint density at radius 2 is 2.00 bits per heavy atom. The molecule has 0 saturated heterocycles. The van der Waals surface area contributed by atoms with Gasteiger partial charge in [0.2, 0.25) is 0 Å². The molecule has 0 aliphatic rings. The summed E-state index contributed by atoms with van der Waals surface area (Å²) in [5, 5.41) is 0. The number of hydrogen-bond donors (Lipinski definition) is 0. The van der Waals surface area contributed by atoms with Crippen LogP contribution in [-0.2, 0) is 9.53 Å². The van der Waals surface area contributed by atoms with Gasteiger partial charge in [0.1, 0.15) is 0 Å². The molecule has 74 valence electrons. The van der Waals surface area contributed by atoms with Crippen molar-refractivity contribution in [3.63, 3.8) is 0 Å². The van der Waals surface area contributed by atoms with Gasteiger partial charge in [0, 0.05) is 0 Å². The molecular formula is C5H8Cl4O2Te. The number of carbonyl (C=O) groups excluding carboxylic acids is 1. The Kier molecular flexibility index (Phi) is 6.72. The summed E-state index contributed by atoms with van der Waals surface area (Å²) in [5.74, 6) is -0.239. The van der Waals surface area contributed by atoms with E-state index in [1.807, 2.05) is 0 Å². The van der Waals surface area contributed by atoms with E-state index in [1.165, 1.54) is 6.92 Å². The van der Waals surface area contributed by atoms with E-state index < -0.39 is 26.9 Å². The van der Waals surface area contributed by atoms with Crippen LogP contribution in [0, 0.1) is 0 Å². The van der Waals surface area contributed by atoms with Gasteiger partial charge < -0.3 is 0 Å². The third kappa shape index (κ3) is 8.04. The van der Waals surface area contributed by atoms with Gasteiger partial charge in [0.25, 0.3) is 0 Å². The van der Waals surface area contributed by atoms with E-state index >= 15 is 0 Å². The molecule has 0 saturated carbocycles. The van der Waals surface area contributed by atoms with Crippen LogP contribution >= 0.6 is 38.5 Å². The minimum atomic E-state index is -3.24. The third-order valence-electron chi connectivity index (χ3n) is 0.880. The number of hydrogen-bond acceptors (Lipinski definition) is 2. The second kappa shape index (κ2) is 6.01. The zero-order chi connectivity index (χ0) is 9.78. The van der Waals surface area contributed by atoms with Gasteiger partial charge >= 0.3 is 92.2 Å². The zero-order valence-corrected chi connectivity index (χ0v) is 11.6. The molecule has 1 atom stereocenters. The van der Waals surface area contributed by atoms with Crippen LogP contribution in [0.5, 0.6) is 0 Å². The van der Waals surface area contributed by atoms with Gasteiger partial charge in [0.15, 0.2) is 0 Å². The molecule has 0 aromatic heterocycles. The van der Waals surface area contributed by atoms with Crippen molar-refractivity contribution in [2.24, 2.45) is 0 Å². The van der Waals surface area contributed by atoms with Crippen LogP contribution in [0.25, 0.3) is 0 Å². The van der Waals surface area contributed by atoms with E-state index in [9.17, 15) is 4.79 Å². The topological polar surface area (TPSA) is 26.3 Å². The first-order chi connectivity index (χ1) is 5.35. The molecule has 0 aliphatic heterocycles. The molecule has 0 spiro atoms. The van der Waals surface area contributed by atoms with Crippen molar-refractivity contribution in [3.05, 3.63) is 0 Å². The molecule has 1 unspecified atom stereocenters. The van der Waals surface area contributed by atoms with Gasteiger partial charge in [0.05, 0.1) is 0 Å². The van der Waals surface area contributed by atoms with Crippen molar-refractivity contribution in [2.75, 3.05) is 5.88 Å². The number of ether oxygens (including phenoxy) is 1. The second-order valence-corrected chi connectivity index (χ2v) is 20.0. The number of rotatable bonds is 4. The number of halogens is 4. The Morgan fingerprint density at radius 1 is 1.50 bits per heavy atom. The fraction of sp³-hybridized carbons (Fsp3) is 0.800. The minimum absolute atomic E-state index is 0.166. The van der Waals surface area contributed by atoms with Gasteiger partial charge in [-0.3, -0.25) is 0 Å². The summed E-state index contributed by atoms with van der Waals surface area (Å²) >= 11 is 2.26. The molecule has 0 heterocycles. The van der Waals surface area contributed by atoms with E-state index in [0.29, 0.717) is 0 Å². The number of esters is 1. The molecule has 0 aliphatic carbocycles. The molecule has 0 amide bonds. The average molecular weight is 370 g/mol. The molecule has 2 nitrogen and oxygen atoms in total. The van der Waals surface area contributed by atoms with Crippen molar-refractivity contribution in [1.29, 1.82) is 0 Å². The fourth-order valence-electron chi connectivity index (χ4n) is 0.556.